The van der Waals surface area contributed by atoms with E-state index < -0.39 is 0 Å². The average Bonchev–Trinajstić information content (AvgIpc) is 2.77. The third-order valence-corrected chi connectivity index (χ3v) is 3.34. The third-order valence-electron chi connectivity index (χ3n) is 3.34. The summed E-state index contributed by atoms with van der Waals surface area (Å²) in [7, 11) is 2.14. The molecule has 3 aliphatic rings. The van der Waals surface area contributed by atoms with Gasteiger partial charge in [0.15, 0.2) is 6.10 Å². The Balaban J connectivity index is 1.79. The van der Waals surface area contributed by atoms with Crippen LogP contribution in [-0.2, 0) is 9.57 Å². The van der Waals surface area contributed by atoms with Crippen molar-refractivity contribution in [2.75, 3.05) is 33.4 Å². The Labute approximate surface area is 89.5 Å². The van der Waals surface area contributed by atoms with Gasteiger partial charge in [-0.05, 0) is 19.0 Å². The first-order chi connectivity index (χ1) is 7.34. The summed E-state index contributed by atoms with van der Waals surface area (Å²) >= 11 is 0. The van der Waals surface area contributed by atoms with Crippen molar-refractivity contribution in [3.8, 4) is 0 Å². The summed E-state index contributed by atoms with van der Waals surface area (Å²) < 4.78 is 5.41. The van der Waals surface area contributed by atoms with Gasteiger partial charge >= 0.3 is 0 Å². The molecule has 3 aliphatic heterocycles. The van der Waals surface area contributed by atoms with Gasteiger partial charge in [-0.1, -0.05) is 11.2 Å². The molecule has 0 saturated carbocycles. The Morgan fingerprint density at radius 2 is 2.40 bits per heavy atom. The molecule has 0 N–H and O–H groups in total. The van der Waals surface area contributed by atoms with E-state index in [1.54, 1.807) is 0 Å². The number of likely N-dealkylation sites (N-methyl/N-ethyl adjacent to an activating group) is 1. The fraction of sp³-hybridized carbons (Fsp3) is 0.727. The molecule has 82 valence electrons. The van der Waals surface area contributed by atoms with E-state index >= 15 is 0 Å². The molecule has 2 atom stereocenters. The van der Waals surface area contributed by atoms with Crippen LogP contribution in [0.1, 0.15) is 6.42 Å². The van der Waals surface area contributed by atoms with Gasteiger partial charge in [0, 0.05) is 13.1 Å². The lowest BCUT2D eigenvalue weighted by Gasteiger charge is -2.23. The molecular formula is C11H16N2O2. The van der Waals surface area contributed by atoms with Crippen molar-refractivity contribution >= 4 is 5.71 Å². The van der Waals surface area contributed by atoms with Crippen LogP contribution in [0.15, 0.2) is 16.8 Å². The van der Waals surface area contributed by atoms with E-state index in [2.05, 4.69) is 23.2 Å². The lowest BCUT2D eigenvalue weighted by Crippen LogP contribution is -2.32. The van der Waals surface area contributed by atoms with Crippen molar-refractivity contribution in [1.82, 2.24) is 4.90 Å². The summed E-state index contributed by atoms with van der Waals surface area (Å²) in [6, 6.07) is 0. The summed E-state index contributed by atoms with van der Waals surface area (Å²) in [5.74, 6) is 0.378. The van der Waals surface area contributed by atoms with E-state index in [1.165, 1.54) is 5.57 Å². The molecule has 1 fully saturated rings. The zero-order valence-corrected chi connectivity index (χ0v) is 8.98. The maximum atomic E-state index is 5.41. The minimum absolute atomic E-state index is 0.174. The van der Waals surface area contributed by atoms with E-state index in [1.807, 2.05) is 0 Å². The minimum atomic E-state index is 0.174. The fourth-order valence-corrected chi connectivity index (χ4v) is 2.46. The molecule has 0 radical (unpaired) electrons. The molecule has 0 aromatic carbocycles. The maximum Gasteiger partial charge on any atom is 0.161 e. The molecule has 2 unspecified atom stereocenters. The van der Waals surface area contributed by atoms with Crippen LogP contribution in [0, 0.1) is 5.92 Å². The van der Waals surface area contributed by atoms with Crippen LogP contribution in [-0.4, -0.2) is 50.1 Å². The molecular weight excluding hydrogens is 192 g/mol. The highest BCUT2D eigenvalue weighted by Crippen LogP contribution is 2.29. The summed E-state index contributed by atoms with van der Waals surface area (Å²) in [6.07, 6.45) is 3.58. The second kappa shape index (κ2) is 3.61. The van der Waals surface area contributed by atoms with Gasteiger partial charge in [0.05, 0.1) is 24.8 Å². The standard InChI is InChI=1S/C11H16N2O2/c1-13-4-2-3-8(5-13)11-9-6-14-7-10(9)15-12-11/h3,9-10H,2,4-7H2,1H3. The zero-order valence-electron chi connectivity index (χ0n) is 8.98. The normalized spacial score (nSPS) is 35.8. The lowest BCUT2D eigenvalue weighted by atomic mass is 9.92. The van der Waals surface area contributed by atoms with Gasteiger partial charge in [0.2, 0.25) is 0 Å². The molecule has 3 heterocycles. The summed E-state index contributed by atoms with van der Waals surface area (Å²) in [5, 5.41) is 4.22. The van der Waals surface area contributed by atoms with Crippen LogP contribution in [0.3, 0.4) is 0 Å². The predicted octanol–water partition coefficient (Wildman–Crippen LogP) is 0.649. The molecule has 0 aliphatic carbocycles. The van der Waals surface area contributed by atoms with E-state index in [-0.39, 0.29) is 6.10 Å². The largest absolute Gasteiger partial charge is 0.389 e. The molecule has 3 rings (SSSR count). The first-order valence-corrected chi connectivity index (χ1v) is 5.54. The Hall–Kier alpha value is -0.870. The molecule has 0 amide bonds. The van der Waals surface area contributed by atoms with Crippen LogP contribution in [0.25, 0.3) is 0 Å². The Morgan fingerprint density at radius 1 is 1.47 bits per heavy atom. The van der Waals surface area contributed by atoms with Gasteiger partial charge in [-0.2, -0.15) is 0 Å². The predicted molar refractivity (Wildman–Crippen MR) is 56.8 cm³/mol. The van der Waals surface area contributed by atoms with E-state index in [4.69, 9.17) is 9.57 Å². The van der Waals surface area contributed by atoms with Crippen molar-refractivity contribution in [3.63, 3.8) is 0 Å². The minimum Gasteiger partial charge on any atom is -0.389 e. The van der Waals surface area contributed by atoms with Gasteiger partial charge in [0.1, 0.15) is 0 Å². The van der Waals surface area contributed by atoms with Crippen LogP contribution < -0.4 is 0 Å². The number of hydrogen-bond acceptors (Lipinski definition) is 4. The monoisotopic (exact) mass is 208 g/mol. The third kappa shape index (κ3) is 1.58. The second-order valence-electron chi connectivity index (χ2n) is 4.52. The van der Waals surface area contributed by atoms with E-state index in [0.29, 0.717) is 12.5 Å². The van der Waals surface area contributed by atoms with Gasteiger partial charge in [-0.3, -0.25) is 0 Å². The first kappa shape index (κ1) is 9.36. The zero-order chi connectivity index (χ0) is 10.3. The topological polar surface area (TPSA) is 34.1 Å². The number of rotatable bonds is 1. The fourth-order valence-electron chi connectivity index (χ4n) is 2.46. The van der Waals surface area contributed by atoms with Crippen LogP contribution >= 0.6 is 0 Å². The number of ether oxygens (including phenoxy) is 1. The van der Waals surface area contributed by atoms with Gasteiger partial charge in [-0.25, -0.2) is 0 Å². The second-order valence-corrected chi connectivity index (χ2v) is 4.52. The summed E-state index contributed by atoms with van der Waals surface area (Å²) in [6.45, 7) is 3.60. The number of fused-ring (bicyclic) bond motifs is 1. The van der Waals surface area contributed by atoms with Crippen molar-refractivity contribution in [2.45, 2.75) is 12.5 Å². The first-order valence-electron chi connectivity index (χ1n) is 5.54. The molecule has 1 saturated heterocycles. The number of nitrogens with zero attached hydrogens (tertiary/aromatic N) is 2. The van der Waals surface area contributed by atoms with Gasteiger partial charge in [-0.15, -0.1) is 0 Å². The molecule has 0 bridgehead atoms. The molecule has 4 heteroatoms. The number of oxime groups is 1. The Morgan fingerprint density at radius 3 is 3.27 bits per heavy atom. The quantitative estimate of drug-likeness (QED) is 0.634. The van der Waals surface area contributed by atoms with Crippen LogP contribution in [0.4, 0.5) is 0 Å². The average molecular weight is 208 g/mol. The summed E-state index contributed by atoms with van der Waals surface area (Å²) in [4.78, 5) is 7.70. The molecule has 0 aromatic heterocycles. The van der Waals surface area contributed by atoms with Crippen molar-refractivity contribution < 1.29 is 9.57 Å². The molecule has 4 nitrogen and oxygen atoms in total. The van der Waals surface area contributed by atoms with Crippen LogP contribution in [0.5, 0.6) is 0 Å². The number of hydrogen-bond donors (Lipinski definition) is 0. The summed E-state index contributed by atoms with van der Waals surface area (Å²) in [5.41, 5.74) is 2.46. The highest BCUT2D eigenvalue weighted by Gasteiger charge is 2.40. The SMILES string of the molecule is CN1CCC=C(C2=NOC3COCC23)C1. The van der Waals surface area contributed by atoms with Crippen LogP contribution in [0.2, 0.25) is 0 Å². The van der Waals surface area contributed by atoms with Crippen molar-refractivity contribution in [1.29, 1.82) is 0 Å². The smallest absolute Gasteiger partial charge is 0.161 e. The molecule has 0 spiro atoms. The maximum absolute atomic E-state index is 5.41. The highest BCUT2D eigenvalue weighted by atomic mass is 16.7. The van der Waals surface area contributed by atoms with Gasteiger partial charge < -0.3 is 14.5 Å². The van der Waals surface area contributed by atoms with Crippen molar-refractivity contribution in [3.05, 3.63) is 11.6 Å². The van der Waals surface area contributed by atoms with Crippen molar-refractivity contribution in [2.24, 2.45) is 11.1 Å². The Bertz CT molecular complexity index is 325. The molecule has 15 heavy (non-hydrogen) atoms. The van der Waals surface area contributed by atoms with E-state index in [0.717, 1.165) is 31.8 Å². The molecule has 0 aromatic rings. The van der Waals surface area contributed by atoms with Gasteiger partial charge in [0.25, 0.3) is 0 Å². The highest BCUT2D eigenvalue weighted by molar-refractivity contribution is 6.03. The lowest BCUT2D eigenvalue weighted by molar-refractivity contribution is 0.0558. The Kier molecular flexibility index (Phi) is 2.25. The van der Waals surface area contributed by atoms with E-state index in [9.17, 15) is 0 Å².